The van der Waals surface area contributed by atoms with Crippen molar-refractivity contribution < 1.29 is 13.6 Å². The average Bonchev–Trinajstić information content (AvgIpc) is 2.61. The lowest BCUT2D eigenvalue weighted by molar-refractivity contribution is -0.124. The number of aromatic nitrogens is 2. The summed E-state index contributed by atoms with van der Waals surface area (Å²) in [5.41, 5.74) is -0.852. The Bertz CT molecular complexity index is 1140. The summed E-state index contributed by atoms with van der Waals surface area (Å²) in [6, 6.07) is 7.59. The van der Waals surface area contributed by atoms with Crippen molar-refractivity contribution in [2.24, 2.45) is 0 Å². The highest BCUT2D eigenvalue weighted by Crippen LogP contribution is 2.18. The highest BCUT2D eigenvalue weighted by molar-refractivity contribution is 5.81. The Balaban J connectivity index is 1.91. The van der Waals surface area contributed by atoms with Gasteiger partial charge in [0.05, 0.1) is 16.9 Å². The summed E-state index contributed by atoms with van der Waals surface area (Å²) in [6.45, 7) is 2.92. The Labute approximate surface area is 152 Å². The monoisotopic (exact) mass is 373 g/mol. The molecule has 140 valence electrons. The minimum absolute atomic E-state index is 0.0942. The number of amides is 1. The van der Waals surface area contributed by atoms with E-state index in [1.165, 1.54) is 19.9 Å². The van der Waals surface area contributed by atoms with E-state index in [9.17, 15) is 23.2 Å². The molecule has 1 aromatic heterocycles. The van der Waals surface area contributed by atoms with Crippen LogP contribution in [-0.2, 0) is 4.79 Å². The van der Waals surface area contributed by atoms with Crippen molar-refractivity contribution in [3.63, 3.8) is 0 Å². The summed E-state index contributed by atoms with van der Waals surface area (Å²) in [4.78, 5) is 40.0. The quantitative estimate of drug-likeness (QED) is 0.737. The molecule has 0 spiro atoms. The van der Waals surface area contributed by atoms with Gasteiger partial charge in [-0.1, -0.05) is 18.2 Å². The molecule has 6 nitrogen and oxygen atoms in total. The predicted octanol–water partition coefficient (Wildman–Crippen LogP) is 2.41. The minimum Gasteiger partial charge on any atom is -0.348 e. The molecule has 1 heterocycles. The second-order valence-electron chi connectivity index (χ2n) is 6.22. The SMILES string of the molecule is C[C@H](NC(=O)[C@H](C)n1c(=O)[nH]c2ccccc2c1=O)c1ccc(F)cc1F. The first-order chi connectivity index (χ1) is 12.8. The maximum Gasteiger partial charge on any atom is 0.329 e. The molecule has 27 heavy (non-hydrogen) atoms. The Morgan fingerprint density at radius 3 is 2.52 bits per heavy atom. The zero-order chi connectivity index (χ0) is 19.7. The summed E-state index contributed by atoms with van der Waals surface area (Å²) in [5, 5.41) is 2.82. The number of halogens is 2. The second kappa shape index (κ2) is 7.14. The van der Waals surface area contributed by atoms with E-state index in [0.29, 0.717) is 5.52 Å². The number of carbonyl (C=O) groups is 1. The third kappa shape index (κ3) is 3.51. The number of H-pyrrole nitrogens is 1. The fourth-order valence-electron chi connectivity index (χ4n) is 2.91. The van der Waals surface area contributed by atoms with Crippen LogP contribution < -0.4 is 16.6 Å². The van der Waals surface area contributed by atoms with E-state index in [1.807, 2.05) is 0 Å². The van der Waals surface area contributed by atoms with Crippen LogP contribution in [0.3, 0.4) is 0 Å². The molecule has 1 amide bonds. The van der Waals surface area contributed by atoms with Crippen LogP contribution in [0.4, 0.5) is 8.78 Å². The number of para-hydroxylation sites is 1. The number of aromatic amines is 1. The zero-order valence-electron chi connectivity index (χ0n) is 14.6. The molecule has 0 saturated heterocycles. The lowest BCUT2D eigenvalue weighted by Gasteiger charge is -2.19. The molecular weight excluding hydrogens is 356 g/mol. The van der Waals surface area contributed by atoms with Crippen molar-refractivity contribution in [2.75, 3.05) is 0 Å². The van der Waals surface area contributed by atoms with Crippen LogP contribution >= 0.6 is 0 Å². The number of benzene rings is 2. The van der Waals surface area contributed by atoms with Gasteiger partial charge in [0.2, 0.25) is 5.91 Å². The first-order valence-corrected chi connectivity index (χ1v) is 8.28. The molecular formula is C19H17F2N3O3. The lowest BCUT2D eigenvalue weighted by Crippen LogP contribution is -2.44. The third-order valence-electron chi connectivity index (χ3n) is 4.39. The molecule has 0 aliphatic carbocycles. The van der Waals surface area contributed by atoms with Gasteiger partial charge in [0, 0.05) is 11.6 Å². The Hall–Kier alpha value is -3.29. The number of fused-ring (bicyclic) bond motifs is 1. The van der Waals surface area contributed by atoms with E-state index in [4.69, 9.17) is 0 Å². The van der Waals surface area contributed by atoms with Crippen molar-refractivity contribution >= 4 is 16.8 Å². The third-order valence-corrected chi connectivity index (χ3v) is 4.39. The lowest BCUT2D eigenvalue weighted by atomic mass is 10.1. The van der Waals surface area contributed by atoms with Gasteiger partial charge in [0.25, 0.3) is 5.56 Å². The Morgan fingerprint density at radius 2 is 1.81 bits per heavy atom. The molecule has 0 aliphatic heterocycles. The molecule has 2 N–H and O–H groups in total. The topological polar surface area (TPSA) is 84.0 Å². The molecule has 0 unspecified atom stereocenters. The van der Waals surface area contributed by atoms with E-state index >= 15 is 0 Å². The Kier molecular flexibility index (Phi) is 4.89. The largest absolute Gasteiger partial charge is 0.348 e. The molecule has 3 rings (SSSR count). The van der Waals surface area contributed by atoms with Crippen molar-refractivity contribution in [3.05, 3.63) is 80.5 Å². The zero-order valence-corrected chi connectivity index (χ0v) is 14.6. The van der Waals surface area contributed by atoms with Gasteiger partial charge in [-0.05, 0) is 32.0 Å². The van der Waals surface area contributed by atoms with E-state index in [-0.39, 0.29) is 10.9 Å². The van der Waals surface area contributed by atoms with Crippen LogP contribution in [-0.4, -0.2) is 15.5 Å². The van der Waals surface area contributed by atoms with E-state index < -0.39 is 40.9 Å². The maximum atomic E-state index is 13.9. The van der Waals surface area contributed by atoms with Gasteiger partial charge in [-0.2, -0.15) is 0 Å². The second-order valence-corrected chi connectivity index (χ2v) is 6.22. The molecule has 8 heteroatoms. The van der Waals surface area contributed by atoms with Crippen LogP contribution in [0.25, 0.3) is 10.9 Å². The molecule has 0 aliphatic rings. The molecule has 3 aromatic rings. The molecule has 0 bridgehead atoms. The number of rotatable bonds is 4. The fraction of sp³-hybridized carbons (Fsp3) is 0.211. The fourth-order valence-corrected chi connectivity index (χ4v) is 2.91. The summed E-state index contributed by atoms with van der Waals surface area (Å²) >= 11 is 0. The first-order valence-electron chi connectivity index (χ1n) is 8.28. The summed E-state index contributed by atoms with van der Waals surface area (Å²) < 4.78 is 27.7. The highest BCUT2D eigenvalue weighted by Gasteiger charge is 2.23. The van der Waals surface area contributed by atoms with Crippen LogP contribution in [0.2, 0.25) is 0 Å². The van der Waals surface area contributed by atoms with Crippen molar-refractivity contribution in [1.82, 2.24) is 14.9 Å². The highest BCUT2D eigenvalue weighted by atomic mass is 19.1. The van der Waals surface area contributed by atoms with Crippen molar-refractivity contribution in [1.29, 1.82) is 0 Å². The van der Waals surface area contributed by atoms with E-state index in [1.54, 1.807) is 24.3 Å². The minimum atomic E-state index is -1.13. The van der Waals surface area contributed by atoms with Gasteiger partial charge in [-0.15, -0.1) is 0 Å². The Morgan fingerprint density at radius 1 is 1.11 bits per heavy atom. The van der Waals surface area contributed by atoms with E-state index in [2.05, 4.69) is 10.3 Å². The maximum absolute atomic E-state index is 13.9. The van der Waals surface area contributed by atoms with Gasteiger partial charge in [0.15, 0.2) is 0 Å². The van der Waals surface area contributed by atoms with Crippen LogP contribution in [0.15, 0.2) is 52.1 Å². The standard InChI is InChI=1S/C19H17F2N3O3/c1-10(13-8-7-12(20)9-15(13)21)22-17(25)11(2)24-18(26)14-5-3-4-6-16(14)23-19(24)27/h3-11H,1-2H3,(H,22,25)(H,23,27)/t10-,11-/m0/s1. The molecule has 2 aromatic carbocycles. The number of nitrogens with zero attached hydrogens (tertiary/aromatic N) is 1. The number of hydrogen-bond acceptors (Lipinski definition) is 3. The number of carbonyl (C=O) groups excluding carboxylic acids is 1. The van der Waals surface area contributed by atoms with Gasteiger partial charge < -0.3 is 10.3 Å². The first kappa shape index (κ1) is 18.5. The van der Waals surface area contributed by atoms with Gasteiger partial charge >= 0.3 is 5.69 Å². The molecule has 0 fully saturated rings. The summed E-state index contributed by atoms with van der Waals surface area (Å²) in [5.74, 6) is -2.16. The van der Waals surface area contributed by atoms with Crippen molar-refractivity contribution in [2.45, 2.75) is 25.9 Å². The van der Waals surface area contributed by atoms with Gasteiger partial charge in [0.1, 0.15) is 17.7 Å². The smallest absolute Gasteiger partial charge is 0.329 e. The summed E-state index contributed by atoms with van der Waals surface area (Å²) in [6.07, 6.45) is 0. The normalized spacial score (nSPS) is 13.3. The molecule has 2 atom stereocenters. The predicted molar refractivity (Wildman–Crippen MR) is 96.5 cm³/mol. The average molecular weight is 373 g/mol. The molecule has 0 radical (unpaired) electrons. The van der Waals surface area contributed by atoms with Gasteiger partial charge in [-0.3, -0.25) is 9.59 Å². The van der Waals surface area contributed by atoms with Crippen LogP contribution in [0.5, 0.6) is 0 Å². The van der Waals surface area contributed by atoms with Crippen molar-refractivity contribution in [3.8, 4) is 0 Å². The van der Waals surface area contributed by atoms with E-state index in [0.717, 1.165) is 16.7 Å². The van der Waals surface area contributed by atoms with Crippen LogP contribution in [0.1, 0.15) is 31.5 Å². The van der Waals surface area contributed by atoms with Gasteiger partial charge in [-0.25, -0.2) is 18.1 Å². The number of hydrogen-bond donors (Lipinski definition) is 2. The van der Waals surface area contributed by atoms with Crippen LogP contribution in [0, 0.1) is 11.6 Å². The molecule has 0 saturated carbocycles. The number of nitrogens with one attached hydrogen (secondary N) is 2. The summed E-state index contributed by atoms with van der Waals surface area (Å²) in [7, 11) is 0.